The van der Waals surface area contributed by atoms with Gasteiger partial charge < -0.3 is 4.42 Å². The third kappa shape index (κ3) is 3.40. The number of allylic oxidation sites excluding steroid dienone is 2. The van der Waals surface area contributed by atoms with Crippen molar-refractivity contribution in [2.24, 2.45) is 5.10 Å². The Morgan fingerprint density at radius 2 is 1.88 bits per heavy atom. The highest BCUT2D eigenvalue weighted by Crippen LogP contribution is 2.24. The van der Waals surface area contributed by atoms with Gasteiger partial charge in [0.2, 0.25) is 0 Å². The standard InChI is InChI=1S/C18H15N3O4/c1-12-6-8-14(9-7-12)20-18(22)16(13(2)19-20)5-3-4-15-10-11-17(25-15)21(23)24/h3-11H,1-2H3. The number of benzene rings is 1. The van der Waals surface area contributed by atoms with Crippen LogP contribution in [-0.4, -0.2) is 16.5 Å². The first kappa shape index (κ1) is 16.4. The SMILES string of the molecule is CC1=NN(c2ccc(C)cc2)C(=O)C1=CC=Cc1ccc([N+](=O)[O-])o1. The average Bonchev–Trinajstić information content (AvgIpc) is 3.15. The van der Waals surface area contributed by atoms with Gasteiger partial charge in [0, 0.05) is 0 Å². The van der Waals surface area contributed by atoms with Gasteiger partial charge in [0.25, 0.3) is 5.91 Å². The molecule has 7 nitrogen and oxygen atoms in total. The van der Waals surface area contributed by atoms with Crippen LogP contribution in [0, 0.1) is 17.0 Å². The summed E-state index contributed by atoms with van der Waals surface area (Å²) in [5.41, 5.74) is 2.85. The second kappa shape index (κ2) is 6.56. The van der Waals surface area contributed by atoms with E-state index < -0.39 is 4.92 Å². The van der Waals surface area contributed by atoms with Gasteiger partial charge in [-0.1, -0.05) is 23.8 Å². The summed E-state index contributed by atoms with van der Waals surface area (Å²) in [6.07, 6.45) is 4.77. The van der Waals surface area contributed by atoms with Crippen LogP contribution in [0.4, 0.5) is 11.6 Å². The van der Waals surface area contributed by atoms with Crippen molar-refractivity contribution in [3.8, 4) is 0 Å². The van der Waals surface area contributed by atoms with Crippen LogP contribution in [0.3, 0.4) is 0 Å². The first-order chi connectivity index (χ1) is 12.0. The minimum absolute atomic E-state index is 0.226. The van der Waals surface area contributed by atoms with Crippen molar-refractivity contribution in [3.05, 3.63) is 75.6 Å². The Morgan fingerprint density at radius 3 is 2.52 bits per heavy atom. The largest absolute Gasteiger partial charge is 0.433 e. The monoisotopic (exact) mass is 337 g/mol. The molecular formula is C18H15N3O4. The third-order valence-corrected chi connectivity index (χ3v) is 3.66. The quantitative estimate of drug-likeness (QED) is 0.481. The van der Waals surface area contributed by atoms with E-state index in [1.807, 2.05) is 31.2 Å². The number of nitrogens with zero attached hydrogens (tertiary/aromatic N) is 3. The second-order valence-corrected chi connectivity index (χ2v) is 5.51. The van der Waals surface area contributed by atoms with Crippen LogP contribution in [-0.2, 0) is 4.79 Å². The molecule has 0 unspecified atom stereocenters. The molecule has 0 bridgehead atoms. The number of rotatable bonds is 4. The topological polar surface area (TPSA) is 89.0 Å². The van der Waals surface area contributed by atoms with E-state index in [-0.39, 0.29) is 11.8 Å². The molecule has 0 aliphatic carbocycles. The van der Waals surface area contributed by atoms with Gasteiger partial charge in [0.1, 0.15) is 10.7 Å². The maximum absolute atomic E-state index is 12.5. The second-order valence-electron chi connectivity index (χ2n) is 5.51. The molecule has 3 rings (SSSR count). The lowest BCUT2D eigenvalue weighted by molar-refractivity contribution is -0.402. The highest BCUT2D eigenvalue weighted by molar-refractivity contribution is 6.29. The molecule has 0 saturated heterocycles. The van der Waals surface area contributed by atoms with Crippen molar-refractivity contribution in [1.82, 2.24) is 0 Å². The smallest absolute Gasteiger partial charge is 0.401 e. The van der Waals surface area contributed by atoms with Crippen LogP contribution in [0.25, 0.3) is 6.08 Å². The molecule has 0 spiro atoms. The Bertz CT molecular complexity index is 920. The number of hydrazone groups is 1. The van der Waals surface area contributed by atoms with E-state index in [1.54, 1.807) is 25.2 Å². The van der Waals surface area contributed by atoms with Crippen LogP contribution in [0.5, 0.6) is 0 Å². The van der Waals surface area contributed by atoms with Crippen LogP contribution in [0.1, 0.15) is 18.2 Å². The number of furan rings is 1. The van der Waals surface area contributed by atoms with E-state index >= 15 is 0 Å². The Kier molecular flexibility index (Phi) is 4.30. The molecule has 0 saturated carbocycles. The molecule has 1 aromatic carbocycles. The van der Waals surface area contributed by atoms with Gasteiger partial charge in [-0.05, 0) is 44.2 Å². The summed E-state index contributed by atoms with van der Waals surface area (Å²) in [5, 5.41) is 16.2. The van der Waals surface area contributed by atoms with Crippen molar-refractivity contribution < 1.29 is 14.1 Å². The zero-order valence-electron chi connectivity index (χ0n) is 13.7. The van der Waals surface area contributed by atoms with Gasteiger partial charge >= 0.3 is 5.88 Å². The molecule has 2 aromatic rings. The normalized spacial score (nSPS) is 16.1. The number of hydrogen-bond acceptors (Lipinski definition) is 5. The van der Waals surface area contributed by atoms with Crippen LogP contribution < -0.4 is 5.01 Å². The van der Waals surface area contributed by atoms with Crippen LogP contribution in [0.2, 0.25) is 0 Å². The molecule has 0 radical (unpaired) electrons. The zero-order valence-corrected chi connectivity index (χ0v) is 13.7. The van der Waals surface area contributed by atoms with Crippen molar-refractivity contribution in [2.45, 2.75) is 13.8 Å². The number of carbonyl (C=O) groups excluding carboxylic acids is 1. The minimum atomic E-state index is -0.605. The van der Waals surface area contributed by atoms with Gasteiger partial charge in [-0.2, -0.15) is 10.1 Å². The molecule has 126 valence electrons. The van der Waals surface area contributed by atoms with Gasteiger partial charge in [0.15, 0.2) is 0 Å². The number of amides is 1. The van der Waals surface area contributed by atoms with Crippen molar-refractivity contribution >= 4 is 29.3 Å². The molecule has 25 heavy (non-hydrogen) atoms. The summed E-state index contributed by atoms with van der Waals surface area (Å²) in [5.74, 6) is -0.219. The van der Waals surface area contributed by atoms with E-state index in [1.165, 1.54) is 17.1 Å². The molecule has 0 N–H and O–H groups in total. The van der Waals surface area contributed by atoms with Crippen molar-refractivity contribution in [1.29, 1.82) is 0 Å². The van der Waals surface area contributed by atoms with E-state index in [0.717, 1.165) is 5.56 Å². The predicted molar refractivity (Wildman–Crippen MR) is 94.3 cm³/mol. The third-order valence-electron chi connectivity index (χ3n) is 3.66. The first-order valence-corrected chi connectivity index (χ1v) is 7.55. The summed E-state index contributed by atoms with van der Waals surface area (Å²) in [6.45, 7) is 3.72. The summed E-state index contributed by atoms with van der Waals surface area (Å²) in [6, 6.07) is 10.3. The molecule has 1 aliphatic heterocycles. The Labute approximate surface area is 143 Å². The molecule has 0 fully saturated rings. The maximum atomic E-state index is 12.5. The first-order valence-electron chi connectivity index (χ1n) is 7.55. The van der Waals surface area contributed by atoms with Gasteiger partial charge in [-0.3, -0.25) is 14.9 Å². The molecule has 1 aliphatic rings. The van der Waals surface area contributed by atoms with Crippen LogP contribution >= 0.6 is 0 Å². The number of anilines is 1. The Morgan fingerprint density at radius 1 is 1.16 bits per heavy atom. The molecule has 1 aromatic heterocycles. The zero-order chi connectivity index (χ0) is 18.0. The van der Waals surface area contributed by atoms with E-state index in [9.17, 15) is 14.9 Å². The lowest BCUT2D eigenvalue weighted by Gasteiger charge is -2.11. The van der Waals surface area contributed by atoms with Gasteiger partial charge in [0.05, 0.1) is 23.0 Å². The Balaban J connectivity index is 1.78. The summed E-state index contributed by atoms with van der Waals surface area (Å²) < 4.78 is 5.02. The predicted octanol–water partition coefficient (Wildman–Crippen LogP) is 3.86. The lowest BCUT2D eigenvalue weighted by Crippen LogP contribution is -2.21. The van der Waals surface area contributed by atoms with E-state index in [4.69, 9.17) is 4.42 Å². The highest BCUT2D eigenvalue weighted by atomic mass is 16.6. The van der Waals surface area contributed by atoms with Gasteiger partial charge in [-0.25, -0.2) is 0 Å². The lowest BCUT2D eigenvalue weighted by atomic mass is 10.1. The van der Waals surface area contributed by atoms with E-state index in [2.05, 4.69) is 5.10 Å². The number of nitro groups is 1. The molecule has 2 heterocycles. The molecule has 0 atom stereocenters. The fourth-order valence-corrected chi connectivity index (χ4v) is 2.34. The number of carbonyl (C=O) groups is 1. The summed E-state index contributed by atoms with van der Waals surface area (Å²) in [4.78, 5) is 22.5. The highest BCUT2D eigenvalue weighted by Gasteiger charge is 2.28. The van der Waals surface area contributed by atoms with E-state index in [0.29, 0.717) is 22.7 Å². The average molecular weight is 337 g/mol. The number of aryl methyl sites for hydroxylation is 1. The number of hydrogen-bond donors (Lipinski definition) is 0. The van der Waals surface area contributed by atoms with Crippen molar-refractivity contribution in [3.63, 3.8) is 0 Å². The summed E-state index contributed by atoms with van der Waals surface area (Å²) >= 11 is 0. The Hall–Kier alpha value is -3.48. The van der Waals surface area contributed by atoms with Crippen LogP contribution in [0.15, 0.2) is 63.6 Å². The molecule has 7 heteroatoms. The molecular weight excluding hydrogens is 322 g/mol. The van der Waals surface area contributed by atoms with Crippen molar-refractivity contribution in [2.75, 3.05) is 5.01 Å². The fourth-order valence-electron chi connectivity index (χ4n) is 2.34. The molecule has 1 amide bonds. The fraction of sp³-hybridized carbons (Fsp3) is 0.111. The maximum Gasteiger partial charge on any atom is 0.433 e. The minimum Gasteiger partial charge on any atom is -0.401 e. The summed E-state index contributed by atoms with van der Waals surface area (Å²) in [7, 11) is 0. The van der Waals surface area contributed by atoms with Gasteiger partial charge in [-0.15, -0.1) is 0 Å².